The number of benzene rings is 1. The number of nitrogens with zero attached hydrogens (tertiary/aromatic N) is 1. The highest BCUT2D eigenvalue weighted by Gasteiger charge is 2.04. The minimum absolute atomic E-state index is 0.302. The van der Waals surface area contributed by atoms with Crippen LogP contribution in [0.4, 0.5) is 0 Å². The average molecular weight is 188 g/mol. The van der Waals surface area contributed by atoms with Gasteiger partial charge in [-0.15, -0.1) is 0 Å². The van der Waals surface area contributed by atoms with Crippen LogP contribution in [0.15, 0.2) is 22.7 Å². The number of hydrogen-bond acceptors (Lipinski definition) is 2. The topological polar surface area (TPSA) is 26.0 Å². The third-order valence-electron chi connectivity index (χ3n) is 1.40. The van der Waals surface area contributed by atoms with Crippen LogP contribution in [-0.4, -0.2) is 5.16 Å². The van der Waals surface area contributed by atoms with E-state index in [0.29, 0.717) is 15.8 Å². The average Bonchev–Trinajstić information content (AvgIpc) is 2.32. The molecule has 0 unspecified atom stereocenters. The lowest BCUT2D eigenvalue weighted by atomic mass is 10.3. The summed E-state index contributed by atoms with van der Waals surface area (Å²) in [7, 11) is 0. The molecule has 1 heterocycles. The van der Waals surface area contributed by atoms with Crippen LogP contribution in [0.5, 0.6) is 0 Å². The highest BCUT2D eigenvalue weighted by Crippen LogP contribution is 2.24. The fourth-order valence-electron chi connectivity index (χ4n) is 0.885. The van der Waals surface area contributed by atoms with Crippen molar-refractivity contribution in [2.45, 2.75) is 0 Å². The minimum Gasteiger partial charge on any atom is -0.343 e. The zero-order valence-electron chi connectivity index (χ0n) is 5.34. The van der Waals surface area contributed by atoms with E-state index in [1.807, 2.05) is 0 Å². The first-order chi connectivity index (χ1) is 5.27. The van der Waals surface area contributed by atoms with Crippen LogP contribution in [0.2, 0.25) is 10.2 Å². The standard InChI is InChI=1S/C7H3Cl2NO/c8-4-1-2-5-6(3-4)10-11-7(5)9/h1-3H. The Morgan fingerprint density at radius 1 is 1.27 bits per heavy atom. The van der Waals surface area contributed by atoms with Crippen molar-refractivity contribution in [3.63, 3.8) is 0 Å². The molecule has 0 atom stereocenters. The van der Waals surface area contributed by atoms with Gasteiger partial charge >= 0.3 is 0 Å². The van der Waals surface area contributed by atoms with Gasteiger partial charge in [-0.05, 0) is 29.8 Å². The Bertz CT molecular complexity index is 396. The monoisotopic (exact) mass is 187 g/mol. The van der Waals surface area contributed by atoms with Crippen LogP contribution >= 0.6 is 23.2 Å². The molecule has 4 heteroatoms. The summed E-state index contributed by atoms with van der Waals surface area (Å²) in [4.78, 5) is 0. The lowest BCUT2D eigenvalue weighted by Crippen LogP contribution is -1.66. The van der Waals surface area contributed by atoms with Crippen molar-refractivity contribution in [1.29, 1.82) is 0 Å². The summed E-state index contributed by atoms with van der Waals surface area (Å²) < 4.78 is 4.73. The number of hydrogen-bond donors (Lipinski definition) is 0. The van der Waals surface area contributed by atoms with Crippen LogP contribution < -0.4 is 0 Å². The Labute approximate surface area is 72.7 Å². The van der Waals surface area contributed by atoms with Gasteiger partial charge in [-0.1, -0.05) is 16.8 Å². The summed E-state index contributed by atoms with van der Waals surface area (Å²) in [5.41, 5.74) is 0.683. The maximum atomic E-state index is 5.70. The zero-order chi connectivity index (χ0) is 7.84. The molecule has 0 aliphatic rings. The Hall–Kier alpha value is -0.730. The molecule has 0 saturated carbocycles. The molecule has 0 saturated heterocycles. The molecule has 0 fully saturated rings. The third-order valence-corrected chi connectivity index (χ3v) is 1.90. The highest BCUT2D eigenvalue weighted by molar-refractivity contribution is 6.34. The van der Waals surface area contributed by atoms with E-state index >= 15 is 0 Å². The van der Waals surface area contributed by atoms with Crippen molar-refractivity contribution >= 4 is 34.1 Å². The molecule has 0 aliphatic heterocycles. The summed E-state index contributed by atoms with van der Waals surface area (Å²) in [6.45, 7) is 0. The van der Waals surface area contributed by atoms with Crippen molar-refractivity contribution in [1.82, 2.24) is 5.16 Å². The lowest BCUT2D eigenvalue weighted by Gasteiger charge is -1.86. The molecule has 0 bridgehead atoms. The van der Waals surface area contributed by atoms with Crippen LogP contribution in [0.3, 0.4) is 0 Å². The van der Waals surface area contributed by atoms with Gasteiger partial charge in [0.05, 0.1) is 5.39 Å². The van der Waals surface area contributed by atoms with E-state index in [2.05, 4.69) is 5.16 Å². The molecular weight excluding hydrogens is 185 g/mol. The van der Waals surface area contributed by atoms with E-state index < -0.39 is 0 Å². The maximum Gasteiger partial charge on any atom is 0.233 e. The lowest BCUT2D eigenvalue weighted by molar-refractivity contribution is 0.430. The van der Waals surface area contributed by atoms with Gasteiger partial charge in [0.2, 0.25) is 5.22 Å². The molecule has 0 N–H and O–H groups in total. The first-order valence-electron chi connectivity index (χ1n) is 2.98. The van der Waals surface area contributed by atoms with Crippen molar-refractivity contribution in [3.8, 4) is 0 Å². The molecule has 11 heavy (non-hydrogen) atoms. The van der Waals surface area contributed by atoms with E-state index in [0.717, 1.165) is 5.39 Å². The van der Waals surface area contributed by atoms with Gasteiger partial charge in [0.15, 0.2) is 0 Å². The summed E-state index contributed by atoms with van der Waals surface area (Å²) in [6.07, 6.45) is 0. The zero-order valence-corrected chi connectivity index (χ0v) is 6.86. The number of fused-ring (bicyclic) bond motifs is 1. The smallest absolute Gasteiger partial charge is 0.233 e. The van der Waals surface area contributed by atoms with Crippen LogP contribution in [0.1, 0.15) is 0 Å². The van der Waals surface area contributed by atoms with Crippen LogP contribution in [-0.2, 0) is 0 Å². The molecular formula is C7H3Cl2NO. The Morgan fingerprint density at radius 2 is 2.09 bits per heavy atom. The van der Waals surface area contributed by atoms with E-state index in [-0.39, 0.29) is 0 Å². The molecule has 56 valence electrons. The summed E-state index contributed by atoms with van der Waals surface area (Å²) in [5.74, 6) is 0. The second-order valence-electron chi connectivity index (χ2n) is 2.12. The van der Waals surface area contributed by atoms with E-state index in [4.69, 9.17) is 27.7 Å². The second kappa shape index (κ2) is 2.40. The van der Waals surface area contributed by atoms with Gasteiger partial charge in [0.1, 0.15) is 5.52 Å². The first kappa shape index (κ1) is 6.95. The molecule has 2 aromatic rings. The molecule has 1 aromatic heterocycles. The Morgan fingerprint density at radius 3 is 2.91 bits per heavy atom. The number of aromatic nitrogens is 1. The van der Waals surface area contributed by atoms with Gasteiger partial charge in [-0.25, -0.2) is 0 Å². The Balaban J connectivity index is 2.86. The summed E-state index contributed by atoms with van der Waals surface area (Å²) in [6, 6.07) is 5.22. The molecule has 0 spiro atoms. The summed E-state index contributed by atoms with van der Waals surface area (Å²) in [5, 5.41) is 5.41. The fraction of sp³-hybridized carbons (Fsp3) is 0. The maximum absolute atomic E-state index is 5.70. The molecule has 2 rings (SSSR count). The van der Waals surface area contributed by atoms with Gasteiger partial charge in [-0.2, -0.15) is 0 Å². The van der Waals surface area contributed by atoms with Gasteiger partial charge in [-0.3, -0.25) is 0 Å². The normalized spacial score (nSPS) is 10.7. The number of rotatable bonds is 0. The third kappa shape index (κ3) is 1.08. The second-order valence-corrected chi connectivity index (χ2v) is 2.90. The molecule has 0 radical (unpaired) electrons. The van der Waals surface area contributed by atoms with Crippen molar-refractivity contribution in [2.24, 2.45) is 0 Å². The predicted molar refractivity (Wildman–Crippen MR) is 44.0 cm³/mol. The van der Waals surface area contributed by atoms with E-state index in [1.165, 1.54) is 0 Å². The quantitative estimate of drug-likeness (QED) is 0.634. The van der Waals surface area contributed by atoms with Crippen molar-refractivity contribution in [2.75, 3.05) is 0 Å². The minimum atomic E-state index is 0.302. The number of halogens is 2. The Kier molecular flexibility index (Phi) is 1.51. The van der Waals surface area contributed by atoms with E-state index in [9.17, 15) is 0 Å². The van der Waals surface area contributed by atoms with Gasteiger partial charge in [0, 0.05) is 5.02 Å². The van der Waals surface area contributed by atoms with Crippen LogP contribution in [0.25, 0.3) is 10.9 Å². The van der Waals surface area contributed by atoms with E-state index in [1.54, 1.807) is 18.2 Å². The highest BCUT2D eigenvalue weighted by atomic mass is 35.5. The molecule has 1 aromatic carbocycles. The fourth-order valence-corrected chi connectivity index (χ4v) is 1.25. The molecule has 0 aliphatic carbocycles. The summed E-state index contributed by atoms with van der Waals surface area (Å²) >= 11 is 11.4. The van der Waals surface area contributed by atoms with Gasteiger partial charge < -0.3 is 4.52 Å². The van der Waals surface area contributed by atoms with Crippen molar-refractivity contribution in [3.05, 3.63) is 28.4 Å². The first-order valence-corrected chi connectivity index (χ1v) is 3.73. The molecule has 2 nitrogen and oxygen atoms in total. The molecule has 0 amide bonds. The SMILES string of the molecule is Clc1ccc2c(Cl)onc2c1. The van der Waals surface area contributed by atoms with Crippen molar-refractivity contribution < 1.29 is 4.52 Å². The van der Waals surface area contributed by atoms with Crippen LogP contribution in [0, 0.1) is 0 Å². The predicted octanol–water partition coefficient (Wildman–Crippen LogP) is 3.13. The largest absolute Gasteiger partial charge is 0.343 e. The van der Waals surface area contributed by atoms with Gasteiger partial charge in [0.25, 0.3) is 0 Å².